The van der Waals surface area contributed by atoms with Crippen molar-refractivity contribution in [2.45, 2.75) is 19.0 Å². The highest BCUT2D eigenvalue weighted by molar-refractivity contribution is 7.99. The van der Waals surface area contributed by atoms with Crippen molar-refractivity contribution in [3.8, 4) is 34.0 Å². The molecular formula is C33H28N6OS. The minimum Gasteiger partial charge on any atom is -0.310 e. The Hall–Kier alpha value is -4.95. The van der Waals surface area contributed by atoms with Gasteiger partial charge in [0, 0.05) is 22.9 Å². The zero-order valence-corrected chi connectivity index (χ0v) is 23.5. The Morgan fingerprint density at radius 2 is 1.44 bits per heavy atom. The summed E-state index contributed by atoms with van der Waals surface area (Å²) in [6.07, 6.45) is 0. The van der Waals surface area contributed by atoms with Gasteiger partial charge in [0.25, 0.3) is 0 Å². The molecule has 0 spiro atoms. The van der Waals surface area contributed by atoms with E-state index in [1.807, 2.05) is 95.6 Å². The first kappa shape index (κ1) is 26.3. The monoisotopic (exact) mass is 556 g/mol. The number of nitrogens with one attached hydrogen (secondary N) is 1. The molecule has 0 atom stereocenters. The van der Waals surface area contributed by atoms with Gasteiger partial charge in [0.05, 0.1) is 17.1 Å². The molecule has 0 saturated carbocycles. The van der Waals surface area contributed by atoms with E-state index in [1.165, 1.54) is 11.8 Å². The number of benzene rings is 4. The number of aromatic nitrogens is 5. The number of hydrogen-bond acceptors (Lipinski definition) is 5. The van der Waals surface area contributed by atoms with Crippen molar-refractivity contribution in [1.82, 2.24) is 24.5 Å². The van der Waals surface area contributed by atoms with Crippen LogP contribution in [0.25, 0.3) is 34.0 Å². The SMILES string of the molecule is Cc1ccc(-n2c(SCC(=O)Nc3cc(-c4ccccc4)nn3-c3ccccc3)nnc2-c2cccc(C)c2)cc1. The second-order valence-electron chi connectivity index (χ2n) is 9.71. The summed E-state index contributed by atoms with van der Waals surface area (Å²) in [5.41, 5.74) is 6.82. The maximum Gasteiger partial charge on any atom is 0.236 e. The molecule has 2 heterocycles. The van der Waals surface area contributed by atoms with Crippen LogP contribution in [0.5, 0.6) is 0 Å². The maximum absolute atomic E-state index is 13.3. The van der Waals surface area contributed by atoms with Crippen LogP contribution in [0.4, 0.5) is 5.82 Å². The fourth-order valence-electron chi connectivity index (χ4n) is 4.56. The van der Waals surface area contributed by atoms with Crippen molar-refractivity contribution >= 4 is 23.5 Å². The third-order valence-electron chi connectivity index (χ3n) is 6.58. The summed E-state index contributed by atoms with van der Waals surface area (Å²) in [5, 5.41) is 17.5. The van der Waals surface area contributed by atoms with E-state index >= 15 is 0 Å². The van der Waals surface area contributed by atoms with Crippen LogP contribution in [0.15, 0.2) is 120 Å². The van der Waals surface area contributed by atoms with Gasteiger partial charge in [-0.1, -0.05) is 102 Å². The largest absolute Gasteiger partial charge is 0.310 e. The molecular weight excluding hydrogens is 528 g/mol. The smallest absolute Gasteiger partial charge is 0.236 e. The first-order chi connectivity index (χ1) is 20.0. The summed E-state index contributed by atoms with van der Waals surface area (Å²) >= 11 is 1.35. The van der Waals surface area contributed by atoms with Gasteiger partial charge >= 0.3 is 0 Å². The number of nitrogens with zero attached hydrogens (tertiary/aromatic N) is 5. The molecule has 7 nitrogen and oxygen atoms in total. The lowest BCUT2D eigenvalue weighted by Crippen LogP contribution is -2.17. The topological polar surface area (TPSA) is 77.6 Å². The Bertz CT molecular complexity index is 1790. The van der Waals surface area contributed by atoms with Crippen LogP contribution in [0.3, 0.4) is 0 Å². The summed E-state index contributed by atoms with van der Waals surface area (Å²) in [4.78, 5) is 13.3. The molecule has 1 amide bonds. The molecule has 2 aromatic heterocycles. The number of carbonyl (C=O) groups is 1. The zero-order valence-electron chi connectivity index (χ0n) is 22.7. The van der Waals surface area contributed by atoms with Crippen molar-refractivity contribution < 1.29 is 4.79 Å². The Morgan fingerprint density at radius 3 is 2.17 bits per heavy atom. The summed E-state index contributed by atoms with van der Waals surface area (Å²) in [6, 6.07) is 38.0. The van der Waals surface area contributed by atoms with Gasteiger partial charge in [0.15, 0.2) is 11.0 Å². The molecule has 0 unspecified atom stereocenters. The fraction of sp³-hybridized carbons (Fsp3) is 0.0909. The van der Waals surface area contributed by atoms with Crippen LogP contribution in [0.1, 0.15) is 11.1 Å². The Labute approximate surface area is 242 Å². The van der Waals surface area contributed by atoms with Gasteiger partial charge in [0.1, 0.15) is 5.82 Å². The van der Waals surface area contributed by atoms with Gasteiger partial charge in [-0.2, -0.15) is 5.10 Å². The maximum atomic E-state index is 13.3. The number of anilines is 1. The van der Waals surface area contributed by atoms with Gasteiger partial charge in [0.2, 0.25) is 5.91 Å². The van der Waals surface area contributed by atoms with E-state index in [-0.39, 0.29) is 11.7 Å². The van der Waals surface area contributed by atoms with E-state index in [1.54, 1.807) is 4.68 Å². The first-order valence-electron chi connectivity index (χ1n) is 13.3. The number of rotatable bonds is 8. The van der Waals surface area contributed by atoms with Crippen LogP contribution in [0.2, 0.25) is 0 Å². The van der Waals surface area contributed by atoms with Gasteiger partial charge < -0.3 is 5.32 Å². The second-order valence-corrected chi connectivity index (χ2v) is 10.7. The zero-order chi connectivity index (χ0) is 28.2. The molecule has 6 aromatic rings. The van der Waals surface area contributed by atoms with E-state index in [2.05, 4.69) is 53.6 Å². The Morgan fingerprint density at radius 1 is 0.732 bits per heavy atom. The van der Waals surface area contributed by atoms with Crippen LogP contribution >= 0.6 is 11.8 Å². The van der Waals surface area contributed by atoms with E-state index in [0.29, 0.717) is 11.0 Å². The van der Waals surface area contributed by atoms with E-state index < -0.39 is 0 Å². The van der Waals surface area contributed by atoms with Crippen molar-refractivity contribution in [3.63, 3.8) is 0 Å². The number of hydrogen-bond donors (Lipinski definition) is 1. The fourth-order valence-corrected chi connectivity index (χ4v) is 5.31. The minimum atomic E-state index is -0.165. The quantitative estimate of drug-likeness (QED) is 0.202. The van der Waals surface area contributed by atoms with Gasteiger partial charge in [-0.3, -0.25) is 9.36 Å². The van der Waals surface area contributed by atoms with Gasteiger partial charge in [-0.15, -0.1) is 10.2 Å². The highest BCUT2D eigenvalue weighted by Gasteiger charge is 2.19. The predicted octanol–water partition coefficient (Wildman–Crippen LogP) is 7.13. The van der Waals surface area contributed by atoms with E-state index in [9.17, 15) is 4.79 Å². The second kappa shape index (κ2) is 11.7. The third-order valence-corrected chi connectivity index (χ3v) is 7.51. The van der Waals surface area contributed by atoms with E-state index in [4.69, 9.17) is 5.10 Å². The Balaban J connectivity index is 1.28. The van der Waals surface area contributed by atoms with Crippen LogP contribution < -0.4 is 5.32 Å². The van der Waals surface area contributed by atoms with Crippen LogP contribution in [-0.4, -0.2) is 36.2 Å². The number of carbonyl (C=O) groups excluding carboxylic acids is 1. The molecule has 0 radical (unpaired) electrons. The minimum absolute atomic E-state index is 0.151. The lowest BCUT2D eigenvalue weighted by molar-refractivity contribution is -0.113. The molecule has 4 aromatic carbocycles. The lowest BCUT2D eigenvalue weighted by atomic mass is 10.1. The van der Waals surface area contributed by atoms with E-state index in [0.717, 1.165) is 45.1 Å². The highest BCUT2D eigenvalue weighted by atomic mass is 32.2. The summed E-state index contributed by atoms with van der Waals surface area (Å²) in [6.45, 7) is 4.11. The first-order valence-corrected chi connectivity index (χ1v) is 14.3. The third kappa shape index (κ3) is 5.83. The number of amides is 1. The average Bonchev–Trinajstić information content (AvgIpc) is 3.62. The normalized spacial score (nSPS) is 11.0. The molecule has 0 saturated heterocycles. The van der Waals surface area contributed by atoms with Crippen LogP contribution in [0, 0.1) is 13.8 Å². The predicted molar refractivity (Wildman–Crippen MR) is 165 cm³/mol. The van der Waals surface area contributed by atoms with Crippen LogP contribution in [-0.2, 0) is 4.79 Å². The molecule has 0 aliphatic carbocycles. The van der Waals surface area contributed by atoms with Gasteiger partial charge in [-0.25, -0.2) is 4.68 Å². The molecule has 6 rings (SSSR count). The number of aryl methyl sites for hydroxylation is 2. The molecule has 41 heavy (non-hydrogen) atoms. The molecule has 8 heteroatoms. The summed E-state index contributed by atoms with van der Waals surface area (Å²) in [5.74, 6) is 1.32. The lowest BCUT2D eigenvalue weighted by Gasteiger charge is -2.12. The number of para-hydroxylation sites is 1. The van der Waals surface area contributed by atoms with Crippen molar-refractivity contribution in [1.29, 1.82) is 0 Å². The van der Waals surface area contributed by atoms with Crippen molar-refractivity contribution in [2.75, 3.05) is 11.1 Å². The molecule has 0 aliphatic heterocycles. The molecule has 202 valence electrons. The average molecular weight is 557 g/mol. The van der Waals surface area contributed by atoms with Crippen molar-refractivity contribution in [2.24, 2.45) is 0 Å². The highest BCUT2D eigenvalue weighted by Crippen LogP contribution is 2.29. The molecule has 0 fully saturated rings. The summed E-state index contributed by atoms with van der Waals surface area (Å²) in [7, 11) is 0. The van der Waals surface area contributed by atoms with Crippen molar-refractivity contribution in [3.05, 3.63) is 126 Å². The summed E-state index contributed by atoms with van der Waals surface area (Å²) < 4.78 is 3.77. The standard InChI is InChI=1S/C33H28N6OS/c1-23-16-18-27(19-17-23)38-32(26-13-9-10-24(2)20-26)35-36-33(38)41-22-31(40)34-30-21-29(25-11-5-3-6-12-25)37-39(30)28-14-7-4-8-15-28/h3-21H,22H2,1-2H3,(H,34,40). The molecule has 1 N–H and O–H groups in total. The molecule has 0 aliphatic rings. The number of thioether (sulfide) groups is 1. The molecule has 0 bridgehead atoms. The Kier molecular flexibility index (Phi) is 7.47. The van der Waals surface area contributed by atoms with Gasteiger partial charge in [-0.05, 0) is 44.2 Å².